The highest BCUT2D eigenvalue weighted by atomic mass is 127. The minimum atomic E-state index is 0. The van der Waals surface area contributed by atoms with Gasteiger partial charge in [0, 0.05) is 31.8 Å². The van der Waals surface area contributed by atoms with Crippen LogP contribution in [0.3, 0.4) is 0 Å². The van der Waals surface area contributed by atoms with E-state index in [0.717, 1.165) is 43.5 Å². The van der Waals surface area contributed by atoms with E-state index < -0.39 is 0 Å². The molecule has 0 aliphatic carbocycles. The lowest BCUT2D eigenvalue weighted by Gasteiger charge is -2.10. The third-order valence-electron chi connectivity index (χ3n) is 2.53. The van der Waals surface area contributed by atoms with Gasteiger partial charge in [-0.15, -0.1) is 24.0 Å². The zero-order valence-electron chi connectivity index (χ0n) is 12.8. The SMILES string of the molecule is CCNC(=NCCCOc1ccccc1)NCCSC.I. The molecule has 0 saturated carbocycles. The maximum absolute atomic E-state index is 5.63. The summed E-state index contributed by atoms with van der Waals surface area (Å²) < 4.78 is 5.63. The van der Waals surface area contributed by atoms with Crippen molar-refractivity contribution in [3.63, 3.8) is 0 Å². The van der Waals surface area contributed by atoms with Crippen LogP contribution in [0.2, 0.25) is 0 Å². The molecule has 6 heteroatoms. The summed E-state index contributed by atoms with van der Waals surface area (Å²) in [7, 11) is 0. The zero-order valence-corrected chi connectivity index (χ0v) is 15.9. The molecule has 0 aromatic heterocycles. The number of benzene rings is 1. The fourth-order valence-electron chi connectivity index (χ4n) is 1.58. The Bertz CT molecular complexity index is 376. The Hall–Kier alpha value is -0.630. The van der Waals surface area contributed by atoms with Crippen molar-refractivity contribution in [3.8, 4) is 5.75 Å². The average Bonchev–Trinajstić information content (AvgIpc) is 2.48. The summed E-state index contributed by atoms with van der Waals surface area (Å²) in [6.07, 6.45) is 3.01. The standard InChI is InChI=1S/C15H25N3OS.HI/c1-3-16-15(18-11-13-20-2)17-10-7-12-19-14-8-5-4-6-9-14;/h4-6,8-9H,3,7,10-13H2,1-2H3,(H2,16,17,18);1H. The van der Waals surface area contributed by atoms with Gasteiger partial charge in [0.1, 0.15) is 5.75 Å². The van der Waals surface area contributed by atoms with Crippen molar-refractivity contribution in [2.45, 2.75) is 13.3 Å². The van der Waals surface area contributed by atoms with Crippen LogP contribution in [0.15, 0.2) is 35.3 Å². The van der Waals surface area contributed by atoms with E-state index in [0.29, 0.717) is 6.61 Å². The number of halogens is 1. The van der Waals surface area contributed by atoms with Gasteiger partial charge in [-0.05, 0) is 25.3 Å². The minimum Gasteiger partial charge on any atom is -0.494 e. The number of nitrogens with one attached hydrogen (secondary N) is 2. The van der Waals surface area contributed by atoms with Crippen LogP contribution in [0.1, 0.15) is 13.3 Å². The third-order valence-corrected chi connectivity index (χ3v) is 3.14. The van der Waals surface area contributed by atoms with Gasteiger partial charge in [-0.2, -0.15) is 11.8 Å². The lowest BCUT2D eigenvalue weighted by atomic mass is 10.3. The van der Waals surface area contributed by atoms with Crippen LogP contribution < -0.4 is 15.4 Å². The van der Waals surface area contributed by atoms with Gasteiger partial charge in [0.15, 0.2) is 5.96 Å². The highest BCUT2D eigenvalue weighted by Gasteiger charge is 1.96. The van der Waals surface area contributed by atoms with Gasteiger partial charge in [-0.25, -0.2) is 0 Å². The molecule has 1 aromatic carbocycles. The maximum Gasteiger partial charge on any atom is 0.191 e. The summed E-state index contributed by atoms with van der Waals surface area (Å²) in [5.74, 6) is 2.89. The van der Waals surface area contributed by atoms with Crippen LogP contribution in [0.4, 0.5) is 0 Å². The number of hydrogen-bond acceptors (Lipinski definition) is 3. The van der Waals surface area contributed by atoms with Crippen molar-refractivity contribution in [1.82, 2.24) is 10.6 Å². The van der Waals surface area contributed by atoms with Crippen LogP contribution in [0.5, 0.6) is 5.75 Å². The largest absolute Gasteiger partial charge is 0.494 e. The first-order chi connectivity index (χ1) is 9.86. The van der Waals surface area contributed by atoms with Gasteiger partial charge in [-0.3, -0.25) is 4.99 Å². The summed E-state index contributed by atoms with van der Waals surface area (Å²) >= 11 is 1.83. The molecule has 0 fully saturated rings. The lowest BCUT2D eigenvalue weighted by molar-refractivity contribution is 0.313. The Morgan fingerprint density at radius 3 is 2.67 bits per heavy atom. The molecule has 0 atom stereocenters. The van der Waals surface area contributed by atoms with Crippen molar-refractivity contribution in [1.29, 1.82) is 0 Å². The molecule has 0 spiro atoms. The number of rotatable bonds is 9. The second-order valence-corrected chi connectivity index (χ2v) is 5.18. The van der Waals surface area contributed by atoms with Crippen molar-refractivity contribution < 1.29 is 4.74 Å². The van der Waals surface area contributed by atoms with Crippen LogP contribution in [0, 0.1) is 0 Å². The van der Waals surface area contributed by atoms with Crippen molar-refractivity contribution in [2.75, 3.05) is 38.2 Å². The molecule has 4 nitrogen and oxygen atoms in total. The molecule has 0 unspecified atom stereocenters. The summed E-state index contributed by atoms with van der Waals surface area (Å²) in [5.41, 5.74) is 0. The molecule has 0 saturated heterocycles. The van der Waals surface area contributed by atoms with Crippen LogP contribution in [-0.4, -0.2) is 44.2 Å². The molecule has 2 N–H and O–H groups in total. The van der Waals surface area contributed by atoms with E-state index >= 15 is 0 Å². The number of guanidine groups is 1. The quantitative estimate of drug-likeness (QED) is 0.278. The first-order valence-corrected chi connectivity index (χ1v) is 8.45. The van der Waals surface area contributed by atoms with Crippen LogP contribution in [0.25, 0.3) is 0 Å². The molecule has 1 aromatic rings. The molecule has 0 bridgehead atoms. The predicted octanol–water partition coefficient (Wildman–Crippen LogP) is 2.99. The van der Waals surface area contributed by atoms with Crippen molar-refractivity contribution in [2.24, 2.45) is 4.99 Å². The summed E-state index contributed by atoms with van der Waals surface area (Å²) in [4.78, 5) is 4.52. The van der Waals surface area contributed by atoms with Gasteiger partial charge in [-0.1, -0.05) is 18.2 Å². The first kappa shape index (κ1) is 20.4. The average molecular weight is 423 g/mol. The molecular formula is C15H26IN3OS. The van der Waals surface area contributed by atoms with Gasteiger partial charge in [0.25, 0.3) is 0 Å². The molecule has 0 heterocycles. The van der Waals surface area contributed by atoms with E-state index in [1.807, 2.05) is 42.1 Å². The topological polar surface area (TPSA) is 45.7 Å². The molecule has 0 aliphatic rings. The Morgan fingerprint density at radius 2 is 2.00 bits per heavy atom. The highest BCUT2D eigenvalue weighted by molar-refractivity contribution is 14.0. The van der Waals surface area contributed by atoms with E-state index in [2.05, 4.69) is 28.8 Å². The normalized spacial score (nSPS) is 10.7. The van der Waals surface area contributed by atoms with E-state index in [9.17, 15) is 0 Å². The third kappa shape index (κ3) is 10.7. The molecule has 120 valence electrons. The highest BCUT2D eigenvalue weighted by Crippen LogP contribution is 2.08. The Kier molecular flexibility index (Phi) is 13.9. The number of thioether (sulfide) groups is 1. The zero-order chi connectivity index (χ0) is 14.5. The van der Waals surface area contributed by atoms with Crippen molar-refractivity contribution in [3.05, 3.63) is 30.3 Å². The van der Waals surface area contributed by atoms with Gasteiger partial charge < -0.3 is 15.4 Å². The Balaban J connectivity index is 0.00000400. The molecule has 0 aliphatic heterocycles. The molecular weight excluding hydrogens is 397 g/mol. The van der Waals surface area contributed by atoms with E-state index in [-0.39, 0.29) is 24.0 Å². The van der Waals surface area contributed by atoms with Gasteiger partial charge >= 0.3 is 0 Å². The summed E-state index contributed by atoms with van der Waals surface area (Å²) in [6, 6.07) is 9.88. The molecule has 1 rings (SSSR count). The first-order valence-electron chi connectivity index (χ1n) is 7.05. The number of aliphatic imine (C=N–C) groups is 1. The number of hydrogen-bond donors (Lipinski definition) is 2. The van der Waals surface area contributed by atoms with Gasteiger partial charge in [0.2, 0.25) is 0 Å². The lowest BCUT2D eigenvalue weighted by Crippen LogP contribution is -2.38. The number of para-hydroxylation sites is 1. The summed E-state index contributed by atoms with van der Waals surface area (Å²) in [6.45, 7) is 5.35. The Labute approximate surface area is 149 Å². The second-order valence-electron chi connectivity index (χ2n) is 4.20. The fourth-order valence-corrected chi connectivity index (χ4v) is 1.88. The maximum atomic E-state index is 5.63. The van der Waals surface area contributed by atoms with Crippen molar-refractivity contribution >= 4 is 41.7 Å². The van der Waals surface area contributed by atoms with Gasteiger partial charge in [0.05, 0.1) is 6.61 Å². The molecule has 0 radical (unpaired) electrons. The molecule has 21 heavy (non-hydrogen) atoms. The van der Waals surface area contributed by atoms with E-state index in [1.54, 1.807) is 0 Å². The predicted molar refractivity (Wildman–Crippen MR) is 104 cm³/mol. The number of nitrogens with zero attached hydrogens (tertiary/aromatic N) is 1. The number of ether oxygens (including phenoxy) is 1. The van der Waals surface area contributed by atoms with Crippen LogP contribution >= 0.6 is 35.7 Å². The molecule has 0 amide bonds. The van der Waals surface area contributed by atoms with E-state index in [4.69, 9.17) is 4.74 Å². The van der Waals surface area contributed by atoms with Crippen LogP contribution in [-0.2, 0) is 0 Å². The van der Waals surface area contributed by atoms with E-state index in [1.165, 1.54) is 0 Å². The Morgan fingerprint density at radius 1 is 1.24 bits per heavy atom. The smallest absolute Gasteiger partial charge is 0.191 e. The second kappa shape index (κ2) is 14.3. The minimum absolute atomic E-state index is 0. The summed E-state index contributed by atoms with van der Waals surface area (Å²) in [5, 5.41) is 6.55. The fraction of sp³-hybridized carbons (Fsp3) is 0.533. The monoisotopic (exact) mass is 423 g/mol.